The van der Waals surface area contributed by atoms with Gasteiger partial charge in [-0.3, -0.25) is 4.79 Å². The van der Waals surface area contributed by atoms with Gasteiger partial charge in [-0.25, -0.2) is 0 Å². The van der Waals surface area contributed by atoms with E-state index >= 15 is 0 Å². The number of thiophene rings is 1. The Hall–Kier alpha value is -1.63. The maximum Gasteiger partial charge on any atom is 0.261 e. The van der Waals surface area contributed by atoms with Gasteiger partial charge >= 0.3 is 0 Å². The molecule has 2 aromatic rings. The molecule has 2 fully saturated rings. The van der Waals surface area contributed by atoms with Crippen molar-refractivity contribution in [2.45, 2.75) is 58.4 Å². The van der Waals surface area contributed by atoms with Crippen LogP contribution in [0.2, 0.25) is 0 Å². The molecule has 2 aliphatic rings. The maximum absolute atomic E-state index is 12.9. The van der Waals surface area contributed by atoms with Crippen molar-refractivity contribution in [3.63, 3.8) is 0 Å². The van der Waals surface area contributed by atoms with Gasteiger partial charge in [0, 0.05) is 42.3 Å². The Kier molecular flexibility index (Phi) is 8.44. The Labute approximate surface area is 197 Å². The number of fused-ring (bicyclic) bond motifs is 1. The second kappa shape index (κ2) is 11.5. The van der Waals surface area contributed by atoms with Gasteiger partial charge in [0.15, 0.2) is 0 Å². The minimum absolute atomic E-state index is 0.0593. The molecule has 5 nitrogen and oxygen atoms in total. The number of nitrogens with zero attached hydrogens (tertiary/aromatic N) is 2. The van der Waals surface area contributed by atoms with E-state index in [-0.39, 0.29) is 11.9 Å². The zero-order valence-corrected chi connectivity index (χ0v) is 20.6. The number of benzene rings is 1. The highest BCUT2D eigenvalue weighted by Gasteiger charge is 2.23. The summed E-state index contributed by atoms with van der Waals surface area (Å²) in [5, 5.41) is 4.34. The predicted molar refractivity (Wildman–Crippen MR) is 134 cm³/mol. The Morgan fingerprint density at radius 3 is 2.44 bits per heavy atom. The number of hydrogen-bond acceptors (Lipinski definition) is 5. The largest absolute Gasteiger partial charge is 0.493 e. The highest BCUT2D eigenvalue weighted by Crippen LogP contribution is 2.33. The predicted octanol–water partition coefficient (Wildman–Crippen LogP) is 5.01. The Balaban J connectivity index is 1.25. The lowest BCUT2D eigenvalue weighted by molar-refractivity contribution is 0.0911. The van der Waals surface area contributed by atoms with E-state index in [0.29, 0.717) is 12.5 Å². The van der Waals surface area contributed by atoms with Crippen LogP contribution in [-0.2, 0) is 0 Å². The molecule has 0 bridgehead atoms. The van der Waals surface area contributed by atoms with Crippen molar-refractivity contribution in [3.8, 4) is 5.75 Å². The number of piperidine rings is 1. The first kappa shape index (κ1) is 23.5. The van der Waals surface area contributed by atoms with E-state index < -0.39 is 0 Å². The van der Waals surface area contributed by atoms with E-state index in [1.54, 1.807) is 11.3 Å². The van der Waals surface area contributed by atoms with Crippen molar-refractivity contribution in [2.75, 3.05) is 45.9 Å². The molecule has 4 rings (SSSR count). The van der Waals surface area contributed by atoms with Crippen LogP contribution in [0.25, 0.3) is 10.1 Å². The van der Waals surface area contributed by atoms with Gasteiger partial charge in [-0.15, -0.1) is 11.3 Å². The van der Waals surface area contributed by atoms with E-state index in [1.807, 2.05) is 18.2 Å². The molecular formula is C26H39N3O2S. The number of ether oxygens (including phenoxy) is 1. The van der Waals surface area contributed by atoms with Crippen LogP contribution in [0.3, 0.4) is 0 Å². The lowest BCUT2D eigenvalue weighted by atomic mass is 10.0. The van der Waals surface area contributed by atoms with Crippen LogP contribution in [0.4, 0.5) is 0 Å². The third-order valence-corrected chi connectivity index (χ3v) is 7.77. The summed E-state index contributed by atoms with van der Waals surface area (Å²) in [6.07, 6.45) is 7.59. The zero-order chi connectivity index (χ0) is 22.3. The maximum atomic E-state index is 12.9. The molecule has 0 radical (unpaired) electrons. The molecule has 3 heterocycles. The second-order valence-electron chi connectivity index (χ2n) is 9.83. The summed E-state index contributed by atoms with van der Waals surface area (Å²) in [5.41, 5.74) is 0. The molecule has 0 aliphatic carbocycles. The average molecular weight is 458 g/mol. The summed E-state index contributed by atoms with van der Waals surface area (Å²) < 4.78 is 7.09. The molecule has 1 aromatic carbocycles. The third-order valence-electron chi connectivity index (χ3n) is 6.67. The van der Waals surface area contributed by atoms with E-state index in [9.17, 15) is 4.79 Å². The van der Waals surface area contributed by atoms with Crippen LogP contribution < -0.4 is 10.1 Å². The fraction of sp³-hybridized carbons (Fsp3) is 0.654. The van der Waals surface area contributed by atoms with Crippen molar-refractivity contribution in [2.24, 2.45) is 5.92 Å². The van der Waals surface area contributed by atoms with Crippen molar-refractivity contribution < 1.29 is 9.53 Å². The molecule has 176 valence electrons. The van der Waals surface area contributed by atoms with Gasteiger partial charge in [-0.2, -0.15) is 0 Å². The number of carbonyl (C=O) groups excluding carboxylic acids is 1. The molecule has 1 amide bonds. The first-order valence-corrected chi connectivity index (χ1v) is 13.3. The van der Waals surface area contributed by atoms with Crippen LogP contribution >= 0.6 is 11.3 Å². The van der Waals surface area contributed by atoms with E-state index in [1.165, 1.54) is 45.3 Å². The normalized spacial score (nSPS) is 19.3. The fourth-order valence-electron chi connectivity index (χ4n) is 4.73. The first-order chi connectivity index (χ1) is 15.6. The third kappa shape index (κ3) is 6.46. The van der Waals surface area contributed by atoms with Crippen LogP contribution in [0.5, 0.6) is 5.75 Å². The highest BCUT2D eigenvalue weighted by molar-refractivity contribution is 7.20. The smallest absolute Gasteiger partial charge is 0.261 e. The molecule has 6 heteroatoms. The van der Waals surface area contributed by atoms with E-state index in [4.69, 9.17) is 4.74 Å². The van der Waals surface area contributed by atoms with Crippen molar-refractivity contribution in [3.05, 3.63) is 29.1 Å². The average Bonchev–Trinajstić information content (AvgIpc) is 3.07. The molecule has 0 atom stereocenters. The number of rotatable bonds is 8. The van der Waals surface area contributed by atoms with Crippen LogP contribution in [0.15, 0.2) is 24.3 Å². The number of likely N-dealkylation sites (tertiary alicyclic amines) is 2. The van der Waals surface area contributed by atoms with Crippen LogP contribution in [0.1, 0.15) is 62.0 Å². The van der Waals surface area contributed by atoms with Crippen LogP contribution in [-0.4, -0.2) is 67.6 Å². The Bertz CT molecular complexity index is 865. The standard InChI is InChI=1S/C26H39N3O2S/c1-20(2)19-31-23-8-7-9-24-22(23)18-25(32-24)26(30)27-21-10-14-29(15-11-21)17-16-28-12-5-3-4-6-13-28/h7-9,18,20-21H,3-6,10-17,19H2,1-2H3,(H,27,30). The van der Waals surface area contributed by atoms with Gasteiger partial charge in [0.1, 0.15) is 5.75 Å². The summed E-state index contributed by atoms with van der Waals surface area (Å²) in [7, 11) is 0. The van der Waals surface area contributed by atoms with Crippen LogP contribution in [0, 0.1) is 5.92 Å². The molecule has 0 saturated carbocycles. The summed E-state index contributed by atoms with van der Waals surface area (Å²) in [6, 6.07) is 8.36. The molecule has 1 aromatic heterocycles. The zero-order valence-electron chi connectivity index (χ0n) is 19.8. The van der Waals surface area contributed by atoms with E-state index in [0.717, 1.165) is 53.2 Å². The lowest BCUT2D eigenvalue weighted by Crippen LogP contribution is -2.46. The summed E-state index contributed by atoms with van der Waals surface area (Å²) in [5.74, 6) is 1.41. The molecular weight excluding hydrogens is 418 g/mol. The van der Waals surface area contributed by atoms with Crippen molar-refractivity contribution >= 4 is 27.3 Å². The monoisotopic (exact) mass is 457 g/mol. The minimum Gasteiger partial charge on any atom is -0.493 e. The Morgan fingerprint density at radius 1 is 1.06 bits per heavy atom. The number of amides is 1. The van der Waals surface area contributed by atoms with Gasteiger partial charge in [0.2, 0.25) is 0 Å². The van der Waals surface area contributed by atoms with Gasteiger partial charge in [-0.05, 0) is 62.9 Å². The number of nitrogens with one attached hydrogen (secondary N) is 1. The second-order valence-corrected chi connectivity index (χ2v) is 10.9. The number of carbonyl (C=O) groups is 1. The molecule has 0 spiro atoms. The lowest BCUT2D eigenvalue weighted by Gasteiger charge is -2.33. The molecule has 32 heavy (non-hydrogen) atoms. The Morgan fingerprint density at radius 2 is 1.75 bits per heavy atom. The molecule has 0 unspecified atom stereocenters. The highest BCUT2D eigenvalue weighted by atomic mass is 32.1. The van der Waals surface area contributed by atoms with Gasteiger partial charge < -0.3 is 19.9 Å². The molecule has 2 aliphatic heterocycles. The fourth-order valence-corrected chi connectivity index (χ4v) is 5.71. The minimum atomic E-state index is 0.0593. The topological polar surface area (TPSA) is 44.8 Å². The molecule has 2 saturated heterocycles. The van der Waals surface area contributed by atoms with Gasteiger partial charge in [-0.1, -0.05) is 32.8 Å². The van der Waals surface area contributed by atoms with Crippen molar-refractivity contribution in [1.29, 1.82) is 0 Å². The summed E-state index contributed by atoms with van der Waals surface area (Å²) in [4.78, 5) is 18.9. The van der Waals surface area contributed by atoms with Gasteiger partial charge in [0.25, 0.3) is 5.91 Å². The van der Waals surface area contributed by atoms with E-state index in [2.05, 4.69) is 35.0 Å². The summed E-state index contributed by atoms with van der Waals surface area (Å²) >= 11 is 1.56. The first-order valence-electron chi connectivity index (χ1n) is 12.5. The van der Waals surface area contributed by atoms with Gasteiger partial charge in [0.05, 0.1) is 11.5 Å². The SMILES string of the molecule is CC(C)COc1cccc2sc(C(=O)NC3CCN(CCN4CCCCCC4)CC3)cc12. The quantitative estimate of drug-likeness (QED) is 0.605. The molecule has 1 N–H and O–H groups in total. The summed E-state index contributed by atoms with van der Waals surface area (Å²) in [6.45, 7) is 12.0. The number of hydrogen-bond donors (Lipinski definition) is 1. The van der Waals surface area contributed by atoms with Crippen molar-refractivity contribution in [1.82, 2.24) is 15.1 Å².